The summed E-state index contributed by atoms with van der Waals surface area (Å²) in [6.45, 7) is 2.89. The Bertz CT molecular complexity index is 610. The van der Waals surface area contributed by atoms with E-state index in [1.165, 1.54) is 6.33 Å². The normalized spacial score (nSPS) is 10.4. The van der Waals surface area contributed by atoms with Crippen LogP contribution in [0.4, 0.5) is 5.82 Å². The van der Waals surface area contributed by atoms with E-state index in [9.17, 15) is 0 Å². The molecule has 0 fully saturated rings. The van der Waals surface area contributed by atoms with Crippen LogP contribution in [0.3, 0.4) is 0 Å². The van der Waals surface area contributed by atoms with Crippen LogP contribution in [0.2, 0.25) is 10.0 Å². The van der Waals surface area contributed by atoms with E-state index < -0.39 is 0 Å². The lowest BCUT2D eigenvalue weighted by molar-refractivity contribution is 0.458. The fourth-order valence-corrected chi connectivity index (χ4v) is 2.20. The molecule has 0 saturated heterocycles. The van der Waals surface area contributed by atoms with E-state index in [1.807, 2.05) is 0 Å². The van der Waals surface area contributed by atoms with Crippen LogP contribution in [-0.2, 0) is 0 Å². The number of nitrogens with zero attached hydrogens (tertiary/aromatic N) is 2. The minimum atomic E-state index is 0.378. The summed E-state index contributed by atoms with van der Waals surface area (Å²) in [6, 6.07) is 5.00. The first-order valence-electron chi connectivity index (χ1n) is 5.99. The Morgan fingerprint density at radius 1 is 1.30 bits per heavy atom. The third kappa shape index (κ3) is 3.75. The quantitative estimate of drug-likeness (QED) is 0.782. The van der Waals surface area contributed by atoms with Crippen LogP contribution < -0.4 is 10.1 Å². The molecule has 0 unspecified atom stereocenters. The number of anilines is 1. The Kier molecular flexibility index (Phi) is 5.46. The van der Waals surface area contributed by atoms with E-state index in [1.54, 1.807) is 18.2 Å². The Morgan fingerprint density at radius 3 is 2.85 bits per heavy atom. The highest BCUT2D eigenvalue weighted by molar-refractivity contribution is 9.10. The Hall–Kier alpha value is -1.04. The molecule has 2 rings (SSSR count). The van der Waals surface area contributed by atoms with E-state index in [0.717, 1.165) is 13.0 Å². The fraction of sp³-hybridized carbons (Fsp3) is 0.231. The van der Waals surface area contributed by atoms with Gasteiger partial charge in [-0.3, -0.25) is 0 Å². The number of halogens is 3. The molecule has 0 radical (unpaired) electrons. The molecular weight excluding hydrogens is 365 g/mol. The highest BCUT2D eigenvalue weighted by Crippen LogP contribution is 2.36. The van der Waals surface area contributed by atoms with Gasteiger partial charge in [0.15, 0.2) is 0 Å². The number of hydrogen-bond acceptors (Lipinski definition) is 4. The van der Waals surface area contributed by atoms with Crippen molar-refractivity contribution in [2.75, 3.05) is 11.9 Å². The molecule has 106 valence electrons. The predicted octanol–water partition coefficient (Wildman–Crippen LogP) is 5.16. The lowest BCUT2D eigenvalue weighted by Crippen LogP contribution is -2.04. The van der Waals surface area contributed by atoms with Gasteiger partial charge in [-0.15, -0.1) is 0 Å². The van der Waals surface area contributed by atoms with Gasteiger partial charge in [0.25, 0.3) is 0 Å². The van der Waals surface area contributed by atoms with Crippen molar-refractivity contribution in [1.82, 2.24) is 9.97 Å². The van der Waals surface area contributed by atoms with E-state index in [4.69, 9.17) is 27.9 Å². The van der Waals surface area contributed by atoms with Crippen molar-refractivity contribution < 1.29 is 4.74 Å². The van der Waals surface area contributed by atoms with Crippen LogP contribution in [0, 0.1) is 0 Å². The smallest absolute Gasteiger partial charge is 0.238 e. The minimum absolute atomic E-state index is 0.378. The third-order valence-electron chi connectivity index (χ3n) is 2.40. The molecule has 0 aliphatic rings. The molecule has 0 amide bonds. The van der Waals surface area contributed by atoms with Gasteiger partial charge in [-0.05, 0) is 34.5 Å². The average Bonchev–Trinajstić information content (AvgIpc) is 2.44. The van der Waals surface area contributed by atoms with Crippen molar-refractivity contribution in [2.45, 2.75) is 13.3 Å². The minimum Gasteiger partial charge on any atom is -0.436 e. The predicted molar refractivity (Wildman–Crippen MR) is 85.0 cm³/mol. The molecule has 0 spiro atoms. The zero-order valence-corrected chi connectivity index (χ0v) is 13.8. The maximum absolute atomic E-state index is 6.06. The van der Waals surface area contributed by atoms with E-state index >= 15 is 0 Å². The number of hydrogen-bond donors (Lipinski definition) is 1. The van der Waals surface area contributed by atoms with Crippen molar-refractivity contribution in [2.24, 2.45) is 0 Å². The largest absolute Gasteiger partial charge is 0.436 e. The first-order chi connectivity index (χ1) is 9.61. The van der Waals surface area contributed by atoms with E-state index in [2.05, 4.69) is 38.1 Å². The lowest BCUT2D eigenvalue weighted by Gasteiger charge is -2.11. The molecule has 20 heavy (non-hydrogen) atoms. The second-order valence-corrected chi connectivity index (χ2v) is 5.58. The summed E-state index contributed by atoms with van der Waals surface area (Å²) in [5.41, 5.74) is 0. The maximum Gasteiger partial charge on any atom is 0.238 e. The van der Waals surface area contributed by atoms with Gasteiger partial charge >= 0.3 is 0 Å². The van der Waals surface area contributed by atoms with Gasteiger partial charge < -0.3 is 10.1 Å². The number of nitrogens with one attached hydrogen (secondary N) is 1. The molecule has 0 bridgehead atoms. The molecule has 7 heteroatoms. The highest BCUT2D eigenvalue weighted by Gasteiger charge is 2.12. The lowest BCUT2D eigenvalue weighted by atomic mass is 10.3. The van der Waals surface area contributed by atoms with Crippen LogP contribution >= 0.6 is 39.1 Å². The summed E-state index contributed by atoms with van der Waals surface area (Å²) in [5, 5.41) is 4.18. The second-order valence-electron chi connectivity index (χ2n) is 3.94. The van der Waals surface area contributed by atoms with Gasteiger partial charge in [-0.1, -0.05) is 30.1 Å². The van der Waals surface area contributed by atoms with Gasteiger partial charge in [0.05, 0.1) is 5.02 Å². The maximum atomic E-state index is 6.06. The Labute approximate surface area is 135 Å². The van der Waals surface area contributed by atoms with Crippen LogP contribution in [0.15, 0.2) is 29.0 Å². The summed E-state index contributed by atoms with van der Waals surface area (Å²) in [7, 11) is 0. The van der Waals surface area contributed by atoms with Crippen molar-refractivity contribution in [3.8, 4) is 11.6 Å². The fourth-order valence-electron chi connectivity index (χ4n) is 1.45. The van der Waals surface area contributed by atoms with E-state index in [0.29, 0.717) is 32.0 Å². The van der Waals surface area contributed by atoms with Gasteiger partial charge in [0.1, 0.15) is 22.4 Å². The molecule has 1 heterocycles. The molecule has 0 aliphatic heterocycles. The summed E-state index contributed by atoms with van der Waals surface area (Å²) >= 11 is 15.4. The molecule has 4 nitrogen and oxygen atoms in total. The number of aromatic nitrogens is 2. The van der Waals surface area contributed by atoms with Gasteiger partial charge in [0, 0.05) is 17.6 Å². The summed E-state index contributed by atoms with van der Waals surface area (Å²) in [6.07, 6.45) is 2.42. The number of ether oxygens (including phenoxy) is 1. The van der Waals surface area contributed by atoms with Crippen molar-refractivity contribution in [1.29, 1.82) is 0 Å². The average molecular weight is 377 g/mol. The molecule has 1 aromatic heterocycles. The van der Waals surface area contributed by atoms with Crippen LogP contribution in [0.5, 0.6) is 11.6 Å². The summed E-state index contributed by atoms with van der Waals surface area (Å²) < 4.78 is 6.33. The van der Waals surface area contributed by atoms with Crippen molar-refractivity contribution >= 4 is 44.9 Å². The number of rotatable bonds is 5. The van der Waals surface area contributed by atoms with Gasteiger partial charge in [-0.2, -0.15) is 0 Å². The SMILES string of the molecule is CCCNc1ncnc(Oc2cc(Cl)ccc2Cl)c1Br. The van der Waals surface area contributed by atoms with Gasteiger partial charge in [-0.25, -0.2) is 9.97 Å². The molecule has 0 aliphatic carbocycles. The summed E-state index contributed by atoms with van der Waals surface area (Å²) in [5.74, 6) is 1.50. The van der Waals surface area contributed by atoms with E-state index in [-0.39, 0.29) is 0 Å². The van der Waals surface area contributed by atoms with Crippen LogP contribution in [-0.4, -0.2) is 16.5 Å². The van der Waals surface area contributed by atoms with Gasteiger partial charge in [0.2, 0.25) is 5.88 Å². The molecular formula is C13H12BrCl2N3O. The molecule has 1 aromatic carbocycles. The van der Waals surface area contributed by atoms with Crippen molar-refractivity contribution in [3.05, 3.63) is 39.0 Å². The zero-order valence-electron chi connectivity index (χ0n) is 10.7. The Balaban J connectivity index is 2.27. The van der Waals surface area contributed by atoms with Crippen LogP contribution in [0.25, 0.3) is 0 Å². The molecule has 1 N–H and O–H groups in total. The zero-order chi connectivity index (χ0) is 14.5. The summed E-state index contributed by atoms with van der Waals surface area (Å²) in [4.78, 5) is 8.24. The number of benzene rings is 1. The standard InChI is InChI=1S/C13H12BrCl2N3O/c1-2-5-17-12-11(14)13(19-7-18-12)20-10-6-8(15)3-4-9(10)16/h3-4,6-7H,2,5H2,1H3,(H,17,18,19). The highest BCUT2D eigenvalue weighted by atomic mass is 79.9. The molecule has 0 atom stereocenters. The van der Waals surface area contributed by atoms with Crippen LogP contribution in [0.1, 0.15) is 13.3 Å². The first-order valence-corrected chi connectivity index (χ1v) is 7.54. The molecule has 0 saturated carbocycles. The third-order valence-corrected chi connectivity index (χ3v) is 3.66. The topological polar surface area (TPSA) is 47.0 Å². The monoisotopic (exact) mass is 375 g/mol. The second kappa shape index (κ2) is 7.11. The molecule has 2 aromatic rings. The Morgan fingerprint density at radius 2 is 2.10 bits per heavy atom. The first kappa shape index (κ1) is 15.4. The van der Waals surface area contributed by atoms with Crippen molar-refractivity contribution in [3.63, 3.8) is 0 Å².